The van der Waals surface area contributed by atoms with Crippen molar-refractivity contribution in [3.63, 3.8) is 0 Å². The fraction of sp³-hybridized carbons (Fsp3) is 0.318. The number of amides is 1. The van der Waals surface area contributed by atoms with Crippen molar-refractivity contribution in [2.24, 2.45) is 5.92 Å². The molecular weight excluding hydrogens is 364 g/mol. The molecule has 0 N–H and O–H groups in total. The molecule has 0 radical (unpaired) electrons. The normalized spacial score (nSPS) is 14.2. The van der Waals surface area contributed by atoms with Gasteiger partial charge < -0.3 is 4.90 Å². The van der Waals surface area contributed by atoms with Crippen LogP contribution in [0.2, 0.25) is 0 Å². The lowest BCUT2D eigenvalue weighted by molar-refractivity contribution is -0.139. The van der Waals surface area contributed by atoms with Crippen LogP contribution in [0, 0.1) is 12.8 Å². The maximum absolute atomic E-state index is 13.2. The van der Waals surface area contributed by atoms with E-state index in [1.165, 1.54) is 5.56 Å². The van der Waals surface area contributed by atoms with Gasteiger partial charge >= 0.3 is 0 Å². The van der Waals surface area contributed by atoms with Crippen LogP contribution in [0.15, 0.2) is 48.8 Å². The van der Waals surface area contributed by atoms with Crippen LogP contribution < -0.4 is 0 Å². The zero-order chi connectivity index (χ0) is 19.8. The quantitative estimate of drug-likeness (QED) is 0.526. The summed E-state index contributed by atoms with van der Waals surface area (Å²) in [6.07, 6.45) is 6.64. The summed E-state index contributed by atoms with van der Waals surface area (Å²) in [5.74, 6) is 0.330. The van der Waals surface area contributed by atoms with Gasteiger partial charge in [-0.3, -0.25) is 9.78 Å². The first-order chi connectivity index (χ1) is 14.2. The predicted octanol–water partition coefficient (Wildman–Crippen LogP) is 3.31. The summed E-state index contributed by atoms with van der Waals surface area (Å²) in [5.41, 5.74) is 4.80. The maximum Gasteiger partial charge on any atom is 0.226 e. The van der Waals surface area contributed by atoms with Gasteiger partial charge in [-0.1, -0.05) is 24.1 Å². The summed E-state index contributed by atoms with van der Waals surface area (Å²) < 4.78 is 1.76. The highest BCUT2D eigenvalue weighted by Crippen LogP contribution is 2.30. The Hall–Kier alpha value is -3.35. The van der Waals surface area contributed by atoms with Crippen molar-refractivity contribution in [3.05, 3.63) is 65.5 Å². The molecular formula is C22H22N6O. The molecule has 146 valence electrons. The molecule has 3 heterocycles. The Morgan fingerprint density at radius 1 is 1.21 bits per heavy atom. The Kier molecular flexibility index (Phi) is 4.42. The first-order valence-corrected chi connectivity index (χ1v) is 9.97. The van der Waals surface area contributed by atoms with Crippen molar-refractivity contribution >= 4 is 22.5 Å². The molecule has 3 aromatic heterocycles. The van der Waals surface area contributed by atoms with Crippen LogP contribution in [-0.4, -0.2) is 35.8 Å². The Morgan fingerprint density at radius 3 is 2.86 bits per heavy atom. The van der Waals surface area contributed by atoms with E-state index in [0.29, 0.717) is 18.7 Å². The van der Waals surface area contributed by atoms with Crippen LogP contribution in [-0.2, 0) is 17.9 Å². The van der Waals surface area contributed by atoms with E-state index < -0.39 is 0 Å². The van der Waals surface area contributed by atoms with E-state index in [-0.39, 0.29) is 11.8 Å². The minimum atomic E-state index is 0.126. The number of hydrogen-bond donors (Lipinski definition) is 0. The second-order valence-corrected chi connectivity index (χ2v) is 7.83. The third-order valence-electron chi connectivity index (χ3n) is 5.72. The van der Waals surface area contributed by atoms with E-state index in [0.717, 1.165) is 41.3 Å². The maximum atomic E-state index is 13.2. The van der Waals surface area contributed by atoms with Gasteiger partial charge in [0.05, 0.1) is 5.52 Å². The summed E-state index contributed by atoms with van der Waals surface area (Å²) in [6, 6.07) is 12.2. The minimum Gasteiger partial charge on any atom is -0.334 e. The Balaban J connectivity index is 1.55. The molecule has 1 aromatic carbocycles. The van der Waals surface area contributed by atoms with Gasteiger partial charge in [0.2, 0.25) is 5.91 Å². The van der Waals surface area contributed by atoms with Crippen LogP contribution >= 0.6 is 0 Å². The number of benzene rings is 1. The molecule has 5 rings (SSSR count). The summed E-state index contributed by atoms with van der Waals surface area (Å²) in [6.45, 7) is 3.07. The minimum absolute atomic E-state index is 0.126. The predicted molar refractivity (Wildman–Crippen MR) is 109 cm³/mol. The van der Waals surface area contributed by atoms with Gasteiger partial charge in [0.1, 0.15) is 0 Å². The third-order valence-corrected chi connectivity index (χ3v) is 5.72. The first kappa shape index (κ1) is 17.7. The average molecular weight is 386 g/mol. The highest BCUT2D eigenvalue weighted by atomic mass is 16.2. The monoisotopic (exact) mass is 386 g/mol. The van der Waals surface area contributed by atoms with Crippen molar-refractivity contribution in [1.82, 2.24) is 29.9 Å². The van der Waals surface area contributed by atoms with E-state index in [4.69, 9.17) is 0 Å². The molecule has 0 saturated heterocycles. The van der Waals surface area contributed by atoms with Crippen molar-refractivity contribution < 1.29 is 4.79 Å². The second-order valence-electron chi connectivity index (χ2n) is 7.83. The average Bonchev–Trinajstić information content (AvgIpc) is 3.17. The summed E-state index contributed by atoms with van der Waals surface area (Å²) in [4.78, 5) is 19.3. The Labute approximate surface area is 168 Å². The molecule has 1 saturated carbocycles. The lowest BCUT2D eigenvalue weighted by Gasteiger charge is -2.32. The molecule has 7 nitrogen and oxygen atoms in total. The number of nitrogens with zero attached hydrogens (tertiary/aromatic N) is 6. The number of pyridine rings is 2. The Bertz CT molecular complexity index is 1180. The fourth-order valence-electron chi connectivity index (χ4n) is 3.94. The van der Waals surface area contributed by atoms with E-state index in [9.17, 15) is 4.79 Å². The number of fused-ring (bicyclic) bond motifs is 3. The van der Waals surface area contributed by atoms with Gasteiger partial charge in [0, 0.05) is 42.4 Å². The number of rotatable bonds is 5. The van der Waals surface area contributed by atoms with Gasteiger partial charge in [-0.25, -0.2) is 0 Å². The molecule has 1 aliphatic carbocycles. The first-order valence-electron chi connectivity index (χ1n) is 9.97. The van der Waals surface area contributed by atoms with Crippen LogP contribution in [0.3, 0.4) is 0 Å². The standard InChI is InChI=1S/C22H22N6O/c1-15-7-8-20-18(10-15)11-19(21-24-25-26-28(20)21)14-27(22(29)17-5-2-6-17)13-16-4-3-9-23-12-16/h3-4,7-12,17H,2,5-6,13-14H2,1H3. The fourth-order valence-corrected chi connectivity index (χ4v) is 3.94. The molecule has 1 aliphatic rings. The smallest absolute Gasteiger partial charge is 0.226 e. The number of carbonyl (C=O) groups excluding carboxylic acids is 1. The Morgan fingerprint density at radius 2 is 2.10 bits per heavy atom. The number of hydrogen-bond acceptors (Lipinski definition) is 5. The lowest BCUT2D eigenvalue weighted by Crippen LogP contribution is -2.38. The molecule has 0 atom stereocenters. The van der Waals surface area contributed by atoms with Crippen LogP contribution in [0.1, 0.15) is 36.0 Å². The zero-order valence-electron chi connectivity index (χ0n) is 16.3. The number of aryl methyl sites for hydroxylation is 1. The summed E-state index contributed by atoms with van der Waals surface area (Å²) >= 11 is 0. The molecule has 7 heteroatoms. The van der Waals surface area contributed by atoms with Gasteiger partial charge in [-0.15, -0.1) is 5.10 Å². The number of tetrazole rings is 1. The van der Waals surface area contributed by atoms with Crippen LogP contribution in [0.25, 0.3) is 16.6 Å². The largest absolute Gasteiger partial charge is 0.334 e. The molecule has 4 aromatic rings. The van der Waals surface area contributed by atoms with E-state index in [1.807, 2.05) is 29.3 Å². The van der Waals surface area contributed by atoms with Crippen molar-refractivity contribution in [2.75, 3.05) is 0 Å². The number of aromatic nitrogens is 5. The lowest BCUT2D eigenvalue weighted by atomic mass is 9.84. The van der Waals surface area contributed by atoms with Crippen molar-refractivity contribution in [2.45, 2.75) is 39.3 Å². The van der Waals surface area contributed by atoms with Crippen molar-refractivity contribution in [1.29, 1.82) is 0 Å². The highest BCUT2D eigenvalue weighted by molar-refractivity contribution is 5.84. The second kappa shape index (κ2) is 7.24. The molecule has 29 heavy (non-hydrogen) atoms. The zero-order valence-corrected chi connectivity index (χ0v) is 16.3. The number of carbonyl (C=O) groups is 1. The van der Waals surface area contributed by atoms with Crippen LogP contribution in [0.5, 0.6) is 0 Å². The van der Waals surface area contributed by atoms with Gasteiger partial charge in [-0.05, 0) is 60.0 Å². The third kappa shape index (κ3) is 3.33. The van der Waals surface area contributed by atoms with Gasteiger partial charge in [-0.2, -0.15) is 4.52 Å². The molecule has 0 unspecified atom stereocenters. The van der Waals surface area contributed by atoms with E-state index in [2.05, 4.69) is 45.6 Å². The van der Waals surface area contributed by atoms with E-state index >= 15 is 0 Å². The molecule has 0 aliphatic heterocycles. The molecule has 1 amide bonds. The van der Waals surface area contributed by atoms with E-state index in [1.54, 1.807) is 10.7 Å². The highest BCUT2D eigenvalue weighted by Gasteiger charge is 2.30. The summed E-state index contributed by atoms with van der Waals surface area (Å²) in [7, 11) is 0. The van der Waals surface area contributed by atoms with Gasteiger partial charge in [0.15, 0.2) is 5.65 Å². The SMILES string of the molecule is Cc1ccc2c(c1)cc(CN(Cc1cccnc1)C(=O)C1CCC1)c1nnnn12. The van der Waals surface area contributed by atoms with Crippen LogP contribution in [0.4, 0.5) is 0 Å². The molecule has 0 spiro atoms. The van der Waals surface area contributed by atoms with Gasteiger partial charge in [0.25, 0.3) is 0 Å². The molecule has 0 bridgehead atoms. The topological polar surface area (TPSA) is 76.3 Å². The molecule has 1 fully saturated rings. The van der Waals surface area contributed by atoms with Crippen molar-refractivity contribution in [3.8, 4) is 0 Å². The summed E-state index contributed by atoms with van der Waals surface area (Å²) in [5, 5.41) is 13.4.